The molecule has 0 N–H and O–H groups in total. The maximum atomic E-state index is 5.12. The lowest BCUT2D eigenvalue weighted by molar-refractivity contribution is 1.07. The molecule has 0 amide bonds. The van der Waals surface area contributed by atoms with E-state index in [0.717, 1.165) is 33.2 Å². The van der Waals surface area contributed by atoms with Crippen molar-refractivity contribution in [2.24, 2.45) is 0 Å². The number of hydrogen-bond donors (Lipinski definition) is 0. The van der Waals surface area contributed by atoms with Crippen LogP contribution < -0.4 is 0 Å². The quantitative estimate of drug-likeness (QED) is 0.197. The SMILES string of the molecule is c1ccc(-c2nc(-c3ccc(-n4c5ccccc5c5ccccc54)cc3)nc(-c3ccc(-c4ccccc4)c4ccccc34)n2)cc1. The van der Waals surface area contributed by atoms with Gasteiger partial charge in [-0.1, -0.05) is 127 Å². The van der Waals surface area contributed by atoms with Gasteiger partial charge in [0.05, 0.1) is 11.0 Å². The first kappa shape index (κ1) is 27.0. The molecule has 9 aromatic rings. The van der Waals surface area contributed by atoms with Crippen LogP contribution in [0, 0.1) is 0 Å². The fourth-order valence-electron chi connectivity index (χ4n) is 6.67. The minimum absolute atomic E-state index is 0.638. The smallest absolute Gasteiger partial charge is 0.164 e. The molecule has 0 aliphatic carbocycles. The minimum Gasteiger partial charge on any atom is -0.309 e. The van der Waals surface area contributed by atoms with Gasteiger partial charge in [-0.3, -0.25) is 0 Å². The summed E-state index contributed by atoms with van der Waals surface area (Å²) in [6.45, 7) is 0. The van der Waals surface area contributed by atoms with E-state index in [1.165, 1.54) is 32.9 Å². The summed E-state index contributed by atoms with van der Waals surface area (Å²) in [5.74, 6) is 1.93. The standard InChI is InChI=1S/C43H28N4/c1-3-13-29(14-4-1)33-27-28-38(35-18-8-7-17-34(33)35)43-45-41(30-15-5-2-6-16-30)44-42(46-43)31-23-25-32(26-24-31)47-39-21-11-9-19-36(39)37-20-10-12-22-40(37)47/h1-28H. The highest BCUT2D eigenvalue weighted by atomic mass is 15.0. The molecule has 4 nitrogen and oxygen atoms in total. The van der Waals surface area contributed by atoms with E-state index < -0.39 is 0 Å². The summed E-state index contributed by atoms with van der Waals surface area (Å²) in [6, 6.07) is 59.1. The molecular weight excluding hydrogens is 573 g/mol. The van der Waals surface area contributed by atoms with Crippen LogP contribution >= 0.6 is 0 Å². The maximum Gasteiger partial charge on any atom is 0.164 e. The number of hydrogen-bond acceptors (Lipinski definition) is 3. The Morgan fingerprint density at radius 2 is 0.723 bits per heavy atom. The second-order valence-corrected chi connectivity index (χ2v) is 11.7. The van der Waals surface area contributed by atoms with Crippen molar-refractivity contribution in [3.8, 4) is 51.0 Å². The topological polar surface area (TPSA) is 43.6 Å². The Morgan fingerprint density at radius 1 is 0.298 bits per heavy atom. The Labute approximate surface area is 272 Å². The first-order valence-electron chi connectivity index (χ1n) is 15.8. The Hall–Kier alpha value is -6.39. The van der Waals surface area contributed by atoms with Gasteiger partial charge in [-0.15, -0.1) is 0 Å². The fourth-order valence-corrected chi connectivity index (χ4v) is 6.67. The summed E-state index contributed by atoms with van der Waals surface area (Å²) in [5.41, 5.74) is 8.67. The molecule has 0 bridgehead atoms. The van der Waals surface area contributed by atoms with Crippen LogP contribution in [0.5, 0.6) is 0 Å². The molecule has 0 aliphatic rings. The number of para-hydroxylation sites is 2. The number of benzene rings is 7. The molecule has 2 aromatic heterocycles. The molecule has 0 spiro atoms. The van der Waals surface area contributed by atoms with Crippen molar-refractivity contribution in [3.63, 3.8) is 0 Å². The fraction of sp³-hybridized carbons (Fsp3) is 0. The average molecular weight is 601 g/mol. The molecule has 2 heterocycles. The summed E-state index contributed by atoms with van der Waals surface area (Å²) in [7, 11) is 0. The Balaban J connectivity index is 1.20. The second-order valence-electron chi connectivity index (χ2n) is 11.7. The third-order valence-corrected chi connectivity index (χ3v) is 8.88. The number of nitrogens with zero attached hydrogens (tertiary/aromatic N) is 4. The molecule has 220 valence electrons. The lowest BCUT2D eigenvalue weighted by Gasteiger charge is -2.13. The molecule has 0 unspecified atom stereocenters. The normalized spacial score (nSPS) is 11.4. The predicted octanol–water partition coefficient (Wildman–Crippen LogP) is 10.8. The third kappa shape index (κ3) is 4.66. The Kier molecular flexibility index (Phi) is 6.43. The van der Waals surface area contributed by atoms with Gasteiger partial charge in [0.1, 0.15) is 0 Å². The maximum absolute atomic E-state index is 5.12. The third-order valence-electron chi connectivity index (χ3n) is 8.88. The van der Waals surface area contributed by atoms with Crippen molar-refractivity contribution < 1.29 is 0 Å². The van der Waals surface area contributed by atoms with Gasteiger partial charge >= 0.3 is 0 Å². The van der Waals surface area contributed by atoms with Crippen LogP contribution in [-0.2, 0) is 0 Å². The molecule has 0 aliphatic heterocycles. The van der Waals surface area contributed by atoms with E-state index in [-0.39, 0.29) is 0 Å². The van der Waals surface area contributed by atoms with Crippen molar-refractivity contribution in [3.05, 3.63) is 170 Å². The second kappa shape index (κ2) is 11.2. The van der Waals surface area contributed by atoms with Gasteiger partial charge in [-0.25, -0.2) is 15.0 Å². The first-order valence-corrected chi connectivity index (χ1v) is 15.8. The zero-order chi connectivity index (χ0) is 31.2. The highest BCUT2D eigenvalue weighted by Crippen LogP contribution is 2.36. The molecular formula is C43H28N4. The monoisotopic (exact) mass is 600 g/mol. The summed E-state index contributed by atoms with van der Waals surface area (Å²) in [6.07, 6.45) is 0. The summed E-state index contributed by atoms with van der Waals surface area (Å²) in [4.78, 5) is 15.2. The molecule has 0 saturated carbocycles. The molecule has 7 aromatic carbocycles. The van der Waals surface area contributed by atoms with Crippen molar-refractivity contribution in [1.82, 2.24) is 19.5 Å². The number of rotatable bonds is 5. The van der Waals surface area contributed by atoms with Crippen LogP contribution in [0.15, 0.2) is 170 Å². The zero-order valence-electron chi connectivity index (χ0n) is 25.5. The van der Waals surface area contributed by atoms with E-state index in [2.05, 4.69) is 138 Å². The predicted molar refractivity (Wildman–Crippen MR) is 193 cm³/mol. The highest BCUT2D eigenvalue weighted by Gasteiger charge is 2.17. The van der Waals surface area contributed by atoms with Gasteiger partial charge in [0.15, 0.2) is 17.5 Å². The van der Waals surface area contributed by atoms with Crippen LogP contribution in [0.3, 0.4) is 0 Å². The number of fused-ring (bicyclic) bond motifs is 4. The van der Waals surface area contributed by atoms with Crippen molar-refractivity contribution in [1.29, 1.82) is 0 Å². The molecule has 0 radical (unpaired) electrons. The molecule has 47 heavy (non-hydrogen) atoms. The average Bonchev–Trinajstić information content (AvgIpc) is 3.49. The van der Waals surface area contributed by atoms with Gasteiger partial charge < -0.3 is 4.57 Å². The van der Waals surface area contributed by atoms with E-state index in [4.69, 9.17) is 15.0 Å². The van der Waals surface area contributed by atoms with Gasteiger partial charge in [0.2, 0.25) is 0 Å². The van der Waals surface area contributed by atoms with Crippen LogP contribution in [0.2, 0.25) is 0 Å². The Morgan fingerprint density at radius 3 is 1.32 bits per heavy atom. The lowest BCUT2D eigenvalue weighted by atomic mass is 9.95. The molecule has 0 saturated heterocycles. The summed E-state index contributed by atoms with van der Waals surface area (Å²) in [5, 5.41) is 4.75. The van der Waals surface area contributed by atoms with Gasteiger partial charge in [-0.05, 0) is 64.4 Å². The highest BCUT2D eigenvalue weighted by molar-refractivity contribution is 6.09. The van der Waals surface area contributed by atoms with E-state index in [1.54, 1.807) is 0 Å². The Bertz CT molecular complexity index is 2500. The van der Waals surface area contributed by atoms with Crippen LogP contribution in [-0.4, -0.2) is 19.5 Å². The number of aromatic nitrogens is 4. The minimum atomic E-state index is 0.638. The molecule has 0 fully saturated rings. The van der Waals surface area contributed by atoms with Gasteiger partial charge in [0.25, 0.3) is 0 Å². The zero-order valence-corrected chi connectivity index (χ0v) is 25.5. The van der Waals surface area contributed by atoms with Gasteiger partial charge in [-0.2, -0.15) is 0 Å². The van der Waals surface area contributed by atoms with E-state index in [0.29, 0.717) is 17.5 Å². The molecule has 9 rings (SSSR count). The molecule has 0 atom stereocenters. The van der Waals surface area contributed by atoms with Gasteiger partial charge in [0, 0.05) is 33.2 Å². The van der Waals surface area contributed by atoms with Crippen molar-refractivity contribution in [2.45, 2.75) is 0 Å². The van der Waals surface area contributed by atoms with Crippen molar-refractivity contribution >= 4 is 32.6 Å². The molecule has 4 heteroatoms. The first-order chi connectivity index (χ1) is 23.3. The van der Waals surface area contributed by atoms with Crippen LogP contribution in [0.25, 0.3) is 83.6 Å². The van der Waals surface area contributed by atoms with E-state index in [9.17, 15) is 0 Å². The largest absolute Gasteiger partial charge is 0.309 e. The van der Waals surface area contributed by atoms with E-state index >= 15 is 0 Å². The van der Waals surface area contributed by atoms with E-state index in [1.807, 2.05) is 36.4 Å². The lowest BCUT2D eigenvalue weighted by Crippen LogP contribution is -2.01. The van der Waals surface area contributed by atoms with Crippen LogP contribution in [0.4, 0.5) is 0 Å². The summed E-state index contributed by atoms with van der Waals surface area (Å²) < 4.78 is 2.32. The van der Waals surface area contributed by atoms with Crippen LogP contribution in [0.1, 0.15) is 0 Å². The van der Waals surface area contributed by atoms with Crippen molar-refractivity contribution in [2.75, 3.05) is 0 Å². The summed E-state index contributed by atoms with van der Waals surface area (Å²) >= 11 is 0.